The number of rotatable bonds is 19. The topological polar surface area (TPSA) is 117 Å². The Balaban J connectivity index is 0.000000351. The number of esters is 1. The Morgan fingerprint density at radius 1 is 0.639 bits per heavy atom. The number of carboxylic acid groups (broad SMARTS) is 1. The number of ether oxygens (including phenoxy) is 1. The number of benzene rings is 2. The maximum atomic E-state index is 12.4. The molecule has 2 aromatic rings. The van der Waals surface area contributed by atoms with Gasteiger partial charge in [-0.05, 0) is 136 Å². The van der Waals surface area contributed by atoms with Crippen LogP contribution in [0.2, 0.25) is 0 Å². The van der Waals surface area contributed by atoms with Crippen LogP contribution in [0.4, 0.5) is 11.4 Å². The molecule has 0 atom stereocenters. The molecule has 61 heavy (non-hydrogen) atoms. The van der Waals surface area contributed by atoms with Crippen molar-refractivity contribution in [3.63, 3.8) is 0 Å². The number of aliphatic carboxylic acids is 1. The molecule has 0 aromatic heterocycles. The highest BCUT2D eigenvalue weighted by Gasteiger charge is 2.45. The van der Waals surface area contributed by atoms with Crippen molar-refractivity contribution in [2.45, 2.75) is 154 Å². The van der Waals surface area contributed by atoms with Gasteiger partial charge in [-0.1, -0.05) is 24.3 Å². The lowest BCUT2D eigenvalue weighted by Gasteiger charge is -2.53. The SMILES string of the molecule is CC1(C)CC(O)CC(C)(C)N1O.CN1C(C)(C)CC(OC(=O)CCCc2ccc(N(CCCl)CCCl)cc2)CC1(C)C.O=C(O)CCCc1ccc(N(CCCl)CCCl)cc1. The minimum atomic E-state index is -0.743. The van der Waals surface area contributed by atoms with E-state index in [0.717, 1.165) is 75.2 Å². The van der Waals surface area contributed by atoms with Crippen molar-refractivity contribution < 1.29 is 29.7 Å². The first-order chi connectivity index (χ1) is 28.5. The highest BCUT2D eigenvalue weighted by atomic mass is 35.5. The molecule has 2 saturated heterocycles. The Morgan fingerprint density at radius 2 is 1.00 bits per heavy atom. The Labute approximate surface area is 387 Å². The number of anilines is 2. The second-order valence-corrected chi connectivity index (χ2v) is 20.4. The summed E-state index contributed by atoms with van der Waals surface area (Å²) in [5.74, 6) is 1.46. The summed E-state index contributed by atoms with van der Waals surface area (Å²) in [5.41, 5.74) is 4.02. The molecule has 0 unspecified atom stereocenters. The van der Waals surface area contributed by atoms with Crippen LogP contribution in [0.15, 0.2) is 48.5 Å². The number of aryl methyl sites for hydroxylation is 2. The first-order valence-electron chi connectivity index (χ1n) is 21.8. The second-order valence-electron chi connectivity index (χ2n) is 18.9. The van der Waals surface area contributed by atoms with Crippen molar-refractivity contribution in [3.05, 3.63) is 59.7 Å². The van der Waals surface area contributed by atoms with Gasteiger partial charge in [0.1, 0.15) is 6.10 Å². The average Bonchev–Trinajstić information content (AvgIpc) is 3.16. The van der Waals surface area contributed by atoms with Gasteiger partial charge in [0.05, 0.1) is 6.10 Å². The van der Waals surface area contributed by atoms with E-state index in [9.17, 15) is 19.9 Å². The number of carboxylic acids is 1. The summed E-state index contributed by atoms with van der Waals surface area (Å²) in [6, 6.07) is 16.6. The van der Waals surface area contributed by atoms with Gasteiger partial charge in [-0.15, -0.1) is 46.4 Å². The van der Waals surface area contributed by atoms with Crippen molar-refractivity contribution in [2.24, 2.45) is 0 Å². The standard InChI is InChI=1S/C24H38Cl2N2O2.C14H19Cl2NO2.C9H19NO2/c1-23(2)17-21(18-24(3,4)27(23)5)30-22(29)8-6-7-19-9-11-20(12-10-19)28(15-13-25)16-14-26;15-8-10-17(11-9-16)13-6-4-12(5-7-13)2-1-3-14(18)19;1-8(2)5-7(11)6-9(3,4)10(8)12/h9-12,21H,6-8,13-18H2,1-5H3;4-7H,1-3,8-11H2,(H,18,19);7,11-12H,5-6H2,1-4H3. The van der Waals surface area contributed by atoms with Crippen molar-refractivity contribution in [3.8, 4) is 0 Å². The quantitative estimate of drug-likeness (QED) is 0.0929. The lowest BCUT2D eigenvalue weighted by Crippen LogP contribution is -2.60. The number of piperidine rings is 2. The molecule has 2 fully saturated rings. The second kappa shape index (κ2) is 26.1. The van der Waals surface area contributed by atoms with Gasteiger partial charge in [0.15, 0.2) is 0 Å². The van der Waals surface area contributed by atoms with Gasteiger partial charge in [0, 0.05) is 109 Å². The number of aliphatic hydroxyl groups excluding tert-OH is 1. The van der Waals surface area contributed by atoms with E-state index in [2.05, 4.69) is 73.7 Å². The van der Waals surface area contributed by atoms with Crippen molar-refractivity contribution >= 4 is 69.7 Å². The van der Waals surface area contributed by atoms with Gasteiger partial charge >= 0.3 is 11.9 Å². The number of hydrogen-bond donors (Lipinski definition) is 3. The van der Waals surface area contributed by atoms with Crippen LogP contribution in [0.5, 0.6) is 0 Å². The number of alkyl halides is 4. The van der Waals surface area contributed by atoms with E-state index in [4.69, 9.17) is 56.2 Å². The van der Waals surface area contributed by atoms with Gasteiger partial charge in [0.25, 0.3) is 0 Å². The number of hydroxylamine groups is 2. The third-order valence-electron chi connectivity index (χ3n) is 11.9. The van der Waals surface area contributed by atoms with Crippen LogP contribution in [0, 0.1) is 0 Å². The van der Waals surface area contributed by atoms with Gasteiger partial charge in [-0.3, -0.25) is 14.5 Å². The molecule has 4 rings (SSSR count). The van der Waals surface area contributed by atoms with Crippen LogP contribution >= 0.6 is 46.4 Å². The Kier molecular flexibility index (Phi) is 23.6. The first-order valence-corrected chi connectivity index (χ1v) is 23.9. The summed E-state index contributed by atoms with van der Waals surface area (Å²) in [7, 11) is 2.16. The van der Waals surface area contributed by atoms with E-state index in [-0.39, 0.29) is 46.8 Å². The normalized spacial score (nSPS) is 18.5. The van der Waals surface area contributed by atoms with Crippen LogP contribution in [0.25, 0.3) is 0 Å². The largest absolute Gasteiger partial charge is 0.481 e. The Bertz CT molecular complexity index is 1530. The van der Waals surface area contributed by atoms with E-state index in [1.807, 2.05) is 52.0 Å². The van der Waals surface area contributed by atoms with Gasteiger partial charge < -0.3 is 30.0 Å². The maximum absolute atomic E-state index is 12.4. The predicted octanol–water partition coefficient (Wildman–Crippen LogP) is 10.3. The zero-order valence-corrected chi connectivity index (χ0v) is 41.4. The third-order valence-corrected chi connectivity index (χ3v) is 12.6. The molecule has 3 N–H and O–H groups in total. The molecule has 0 aliphatic carbocycles. The van der Waals surface area contributed by atoms with E-state index in [1.54, 1.807) is 0 Å². The summed E-state index contributed by atoms with van der Waals surface area (Å²) in [5, 5.41) is 29.3. The summed E-state index contributed by atoms with van der Waals surface area (Å²) >= 11 is 23.3. The molecule has 0 radical (unpaired) electrons. The molecule has 0 spiro atoms. The van der Waals surface area contributed by atoms with Crippen LogP contribution < -0.4 is 9.80 Å². The molecule has 2 aromatic carbocycles. The molecule has 2 aliphatic heterocycles. The monoisotopic (exact) mass is 932 g/mol. The number of likely N-dealkylation sites (tertiary alicyclic amines) is 1. The predicted molar refractivity (Wildman–Crippen MR) is 256 cm³/mol. The number of aliphatic hydroxyl groups is 1. The number of carbonyl (C=O) groups is 2. The molecule has 14 heteroatoms. The van der Waals surface area contributed by atoms with Gasteiger partial charge in [-0.2, -0.15) is 5.06 Å². The number of hydrogen-bond acceptors (Lipinski definition) is 9. The minimum absolute atomic E-state index is 0.00664. The van der Waals surface area contributed by atoms with Gasteiger partial charge in [-0.25, -0.2) is 0 Å². The van der Waals surface area contributed by atoms with E-state index >= 15 is 0 Å². The molecule has 2 heterocycles. The lowest BCUT2D eigenvalue weighted by molar-refractivity contribution is -0.257. The van der Waals surface area contributed by atoms with Gasteiger partial charge in [0.2, 0.25) is 0 Å². The van der Waals surface area contributed by atoms with Crippen molar-refractivity contribution in [2.75, 3.05) is 66.5 Å². The minimum Gasteiger partial charge on any atom is -0.481 e. The smallest absolute Gasteiger partial charge is 0.306 e. The lowest BCUT2D eigenvalue weighted by atomic mass is 9.79. The number of nitrogens with zero attached hydrogens (tertiary/aromatic N) is 4. The molecule has 10 nitrogen and oxygen atoms in total. The maximum Gasteiger partial charge on any atom is 0.306 e. The molecule has 348 valence electrons. The van der Waals surface area contributed by atoms with Crippen LogP contribution in [0.1, 0.15) is 118 Å². The molecule has 0 saturated carbocycles. The zero-order valence-electron chi connectivity index (χ0n) is 38.4. The summed E-state index contributed by atoms with van der Waals surface area (Å²) in [6.07, 6.45) is 6.51. The van der Waals surface area contributed by atoms with Crippen molar-refractivity contribution in [1.82, 2.24) is 9.96 Å². The zero-order chi connectivity index (χ0) is 46.0. The van der Waals surface area contributed by atoms with E-state index in [1.165, 1.54) is 10.6 Å². The summed E-state index contributed by atoms with van der Waals surface area (Å²) in [6.45, 7) is 19.8. The average molecular weight is 935 g/mol. The van der Waals surface area contributed by atoms with E-state index in [0.29, 0.717) is 49.2 Å². The molecular formula is C47H76Cl4N4O6. The highest BCUT2D eigenvalue weighted by molar-refractivity contribution is 6.19. The molecule has 0 bridgehead atoms. The third kappa shape index (κ3) is 18.9. The number of carbonyl (C=O) groups excluding carboxylic acids is 1. The Morgan fingerprint density at radius 3 is 1.34 bits per heavy atom. The molecule has 2 aliphatic rings. The van der Waals surface area contributed by atoms with E-state index < -0.39 is 5.97 Å². The highest BCUT2D eigenvalue weighted by Crippen LogP contribution is 2.38. The first kappa shape index (κ1) is 55.1. The fourth-order valence-electron chi connectivity index (χ4n) is 8.60. The van der Waals surface area contributed by atoms with Crippen LogP contribution in [-0.2, 0) is 27.2 Å². The fourth-order valence-corrected chi connectivity index (χ4v) is 9.42. The Hall–Kier alpha value is -2.02. The fraction of sp³-hybridized carbons (Fsp3) is 0.702. The molecule has 0 amide bonds. The summed E-state index contributed by atoms with van der Waals surface area (Å²) in [4.78, 5) is 29.6. The van der Waals surface area contributed by atoms with Crippen LogP contribution in [0.3, 0.4) is 0 Å². The number of halogens is 4. The molecular weight excluding hydrogens is 858 g/mol. The van der Waals surface area contributed by atoms with Crippen molar-refractivity contribution in [1.29, 1.82) is 0 Å². The summed E-state index contributed by atoms with van der Waals surface area (Å²) < 4.78 is 5.86. The van der Waals surface area contributed by atoms with Crippen LogP contribution in [-0.4, -0.2) is 128 Å².